The number of para-hydroxylation sites is 1. The van der Waals surface area contributed by atoms with E-state index in [1.54, 1.807) is 18.2 Å². The summed E-state index contributed by atoms with van der Waals surface area (Å²) >= 11 is 5.85. The van der Waals surface area contributed by atoms with Crippen LogP contribution < -0.4 is 10.2 Å². The molecule has 0 spiro atoms. The third-order valence-corrected chi connectivity index (χ3v) is 3.11. The van der Waals surface area contributed by atoms with Gasteiger partial charge in [0.15, 0.2) is 0 Å². The highest BCUT2D eigenvalue weighted by Crippen LogP contribution is 2.18. The first-order valence-corrected chi connectivity index (χ1v) is 7.22. The lowest BCUT2D eigenvalue weighted by molar-refractivity contribution is -0.120. The summed E-state index contributed by atoms with van der Waals surface area (Å²) in [6, 6.07) is 16.5. The highest BCUT2D eigenvalue weighted by Gasteiger charge is 2.02. The Balaban J connectivity index is 1.99. The van der Waals surface area contributed by atoms with Crippen molar-refractivity contribution < 1.29 is 9.53 Å². The molecular weight excluding hydrogens is 314 g/mol. The van der Waals surface area contributed by atoms with E-state index in [4.69, 9.17) is 21.6 Å². The number of nitrogens with one attached hydrogen (secondary N) is 1. The molecular formula is C17H14ClN3O2. The van der Waals surface area contributed by atoms with E-state index in [9.17, 15) is 4.79 Å². The quantitative estimate of drug-likeness (QED) is 0.653. The van der Waals surface area contributed by atoms with E-state index in [0.717, 1.165) is 11.1 Å². The number of carbonyl (C=O) groups excluding carboxylic acids is 1. The van der Waals surface area contributed by atoms with Crippen molar-refractivity contribution in [2.45, 2.75) is 13.0 Å². The van der Waals surface area contributed by atoms with Crippen molar-refractivity contribution in [3.05, 3.63) is 64.7 Å². The number of hydrogen-bond donors (Lipinski definition) is 1. The number of amides is 1. The molecule has 0 bridgehead atoms. The van der Waals surface area contributed by atoms with Gasteiger partial charge in [-0.15, -0.1) is 0 Å². The molecule has 0 aromatic heterocycles. The average Bonchev–Trinajstić information content (AvgIpc) is 2.56. The highest BCUT2D eigenvalue weighted by molar-refractivity contribution is 6.30. The molecule has 0 aliphatic carbocycles. The molecule has 0 atom stereocenters. The van der Waals surface area contributed by atoms with Gasteiger partial charge in [0.05, 0.1) is 12.3 Å². The minimum Gasteiger partial charge on any atom is -0.488 e. The van der Waals surface area contributed by atoms with Crippen LogP contribution in [0.5, 0.6) is 5.75 Å². The van der Waals surface area contributed by atoms with Crippen LogP contribution in [0.1, 0.15) is 17.5 Å². The van der Waals surface area contributed by atoms with E-state index >= 15 is 0 Å². The van der Waals surface area contributed by atoms with Crippen molar-refractivity contribution >= 4 is 23.7 Å². The summed E-state index contributed by atoms with van der Waals surface area (Å²) in [5, 5.41) is 12.9. The number of nitriles is 1. The minimum atomic E-state index is -0.455. The third-order valence-electron chi connectivity index (χ3n) is 2.86. The van der Waals surface area contributed by atoms with Crippen LogP contribution in [-0.4, -0.2) is 12.1 Å². The first kappa shape index (κ1) is 16.5. The fraction of sp³-hybridized carbons (Fsp3) is 0.118. The Bertz CT molecular complexity index is 736. The Hall–Kier alpha value is -2.84. The number of carbonyl (C=O) groups is 1. The molecule has 23 heavy (non-hydrogen) atoms. The molecule has 0 heterocycles. The maximum absolute atomic E-state index is 11.2. The van der Waals surface area contributed by atoms with E-state index in [0.29, 0.717) is 17.4 Å². The zero-order valence-corrected chi connectivity index (χ0v) is 13.0. The van der Waals surface area contributed by atoms with Crippen LogP contribution in [0.15, 0.2) is 53.6 Å². The molecule has 2 aromatic rings. The van der Waals surface area contributed by atoms with Crippen LogP contribution in [0.4, 0.5) is 0 Å². The van der Waals surface area contributed by atoms with Gasteiger partial charge in [0.1, 0.15) is 18.8 Å². The van der Waals surface area contributed by atoms with Crippen LogP contribution in [0.3, 0.4) is 0 Å². The zero-order chi connectivity index (χ0) is 16.5. The molecule has 0 unspecified atom stereocenters. The molecule has 0 saturated heterocycles. The van der Waals surface area contributed by atoms with Gasteiger partial charge in [0.2, 0.25) is 0 Å². The van der Waals surface area contributed by atoms with Crippen molar-refractivity contribution in [2.24, 2.45) is 5.10 Å². The summed E-state index contributed by atoms with van der Waals surface area (Å²) in [6.07, 6.45) is 1.25. The Labute approximate surface area is 139 Å². The van der Waals surface area contributed by atoms with Gasteiger partial charge in [-0.05, 0) is 29.8 Å². The molecule has 0 fully saturated rings. The summed E-state index contributed by atoms with van der Waals surface area (Å²) in [4.78, 5) is 11.2. The lowest BCUT2D eigenvalue weighted by atomic mass is 10.2. The van der Waals surface area contributed by atoms with Gasteiger partial charge in [-0.1, -0.05) is 35.9 Å². The monoisotopic (exact) mass is 327 g/mol. The molecule has 0 radical (unpaired) electrons. The molecule has 6 heteroatoms. The molecule has 2 aromatic carbocycles. The maximum atomic E-state index is 11.2. The number of hydrazone groups is 1. The van der Waals surface area contributed by atoms with Gasteiger partial charge in [-0.2, -0.15) is 10.4 Å². The van der Waals surface area contributed by atoms with E-state index in [1.807, 2.05) is 36.4 Å². The smallest absolute Gasteiger partial charge is 0.254 e. The Kier molecular flexibility index (Phi) is 6.16. The second kappa shape index (κ2) is 8.57. The summed E-state index contributed by atoms with van der Waals surface area (Å²) in [6.45, 7) is 0.392. The van der Waals surface area contributed by atoms with Crippen LogP contribution in [0.2, 0.25) is 5.02 Å². The topological polar surface area (TPSA) is 74.5 Å². The van der Waals surface area contributed by atoms with Gasteiger partial charge in [0, 0.05) is 10.6 Å². The minimum absolute atomic E-state index is 0.230. The fourth-order valence-corrected chi connectivity index (χ4v) is 1.87. The number of benzene rings is 2. The highest BCUT2D eigenvalue weighted by atomic mass is 35.5. The maximum Gasteiger partial charge on any atom is 0.254 e. The predicted octanol–water partition coefficient (Wildman–Crippen LogP) is 3.28. The Morgan fingerprint density at radius 1 is 1.26 bits per heavy atom. The summed E-state index contributed by atoms with van der Waals surface area (Å²) in [7, 11) is 0. The van der Waals surface area contributed by atoms with E-state index < -0.39 is 5.91 Å². The number of ether oxygens (including phenoxy) is 1. The number of hydrogen-bond acceptors (Lipinski definition) is 4. The second-order valence-electron chi connectivity index (χ2n) is 4.58. The SMILES string of the molecule is N#CCC(=O)N/N=C\c1ccccc1OCc1ccc(Cl)cc1. The van der Waals surface area contributed by atoms with Crippen molar-refractivity contribution in [1.82, 2.24) is 5.43 Å². The zero-order valence-electron chi connectivity index (χ0n) is 12.2. The van der Waals surface area contributed by atoms with Gasteiger partial charge in [0.25, 0.3) is 5.91 Å². The molecule has 2 rings (SSSR count). The molecule has 0 aliphatic rings. The Morgan fingerprint density at radius 2 is 2.00 bits per heavy atom. The average molecular weight is 328 g/mol. The van der Waals surface area contributed by atoms with Crippen LogP contribution in [0, 0.1) is 11.3 Å². The van der Waals surface area contributed by atoms with E-state index in [1.165, 1.54) is 6.21 Å². The van der Waals surface area contributed by atoms with Crippen molar-refractivity contribution in [3.63, 3.8) is 0 Å². The van der Waals surface area contributed by atoms with Gasteiger partial charge in [-0.25, -0.2) is 5.43 Å². The van der Waals surface area contributed by atoms with Gasteiger partial charge >= 0.3 is 0 Å². The van der Waals surface area contributed by atoms with Crippen molar-refractivity contribution in [2.75, 3.05) is 0 Å². The van der Waals surface area contributed by atoms with Crippen LogP contribution in [-0.2, 0) is 11.4 Å². The number of nitrogens with zero attached hydrogens (tertiary/aromatic N) is 2. The summed E-state index contributed by atoms with van der Waals surface area (Å²) < 4.78 is 5.77. The standard InChI is InChI=1S/C17H14ClN3O2/c18-15-7-5-13(6-8-15)12-23-16-4-2-1-3-14(16)11-20-21-17(22)9-10-19/h1-8,11H,9,12H2,(H,21,22)/b20-11-. The number of halogens is 1. The second-order valence-corrected chi connectivity index (χ2v) is 5.02. The van der Waals surface area contributed by atoms with Crippen molar-refractivity contribution in [1.29, 1.82) is 5.26 Å². The number of rotatable bonds is 6. The molecule has 0 saturated carbocycles. The summed E-state index contributed by atoms with van der Waals surface area (Å²) in [5.41, 5.74) is 3.99. The Morgan fingerprint density at radius 3 is 2.74 bits per heavy atom. The van der Waals surface area contributed by atoms with Crippen LogP contribution in [0.25, 0.3) is 0 Å². The van der Waals surface area contributed by atoms with Crippen LogP contribution >= 0.6 is 11.6 Å². The predicted molar refractivity (Wildman–Crippen MR) is 88.2 cm³/mol. The molecule has 116 valence electrons. The largest absolute Gasteiger partial charge is 0.488 e. The lowest BCUT2D eigenvalue weighted by Gasteiger charge is -2.09. The summed E-state index contributed by atoms with van der Waals surface area (Å²) in [5.74, 6) is 0.184. The van der Waals surface area contributed by atoms with Crippen molar-refractivity contribution in [3.8, 4) is 11.8 Å². The lowest BCUT2D eigenvalue weighted by Crippen LogP contribution is -2.16. The molecule has 1 N–H and O–H groups in total. The molecule has 0 aliphatic heterocycles. The third kappa shape index (κ3) is 5.46. The first-order valence-electron chi connectivity index (χ1n) is 6.84. The van der Waals surface area contributed by atoms with Gasteiger partial charge < -0.3 is 4.74 Å². The van der Waals surface area contributed by atoms with Gasteiger partial charge in [-0.3, -0.25) is 4.79 Å². The van der Waals surface area contributed by atoms with E-state index in [2.05, 4.69) is 10.5 Å². The normalized spacial score (nSPS) is 10.3. The molecule has 1 amide bonds. The molecule has 5 nitrogen and oxygen atoms in total. The fourth-order valence-electron chi connectivity index (χ4n) is 1.75. The van der Waals surface area contributed by atoms with E-state index in [-0.39, 0.29) is 6.42 Å². The first-order chi connectivity index (χ1) is 11.2.